The van der Waals surface area contributed by atoms with E-state index in [2.05, 4.69) is 26.6 Å². The van der Waals surface area contributed by atoms with Gasteiger partial charge in [0.15, 0.2) is 0 Å². The summed E-state index contributed by atoms with van der Waals surface area (Å²) in [6.45, 7) is 2.21. The Morgan fingerprint density at radius 1 is 1.52 bits per heavy atom. The van der Waals surface area contributed by atoms with Gasteiger partial charge < -0.3 is 20.5 Å². The molecule has 1 aromatic carbocycles. The highest BCUT2D eigenvalue weighted by Crippen LogP contribution is 2.30. The monoisotopic (exact) mass is 356 g/mol. The number of amides is 2. The fraction of sp³-hybridized carbons (Fsp3) is 0.533. The molecular weight excluding hydrogens is 336 g/mol. The van der Waals surface area contributed by atoms with Crippen molar-refractivity contribution in [1.82, 2.24) is 10.6 Å². The molecular formula is C15H21BrN2O3. The van der Waals surface area contributed by atoms with Gasteiger partial charge in [0.2, 0.25) is 0 Å². The van der Waals surface area contributed by atoms with Crippen LogP contribution in [-0.4, -0.2) is 30.4 Å². The van der Waals surface area contributed by atoms with E-state index in [1.165, 1.54) is 0 Å². The van der Waals surface area contributed by atoms with E-state index in [4.69, 9.17) is 4.74 Å². The third kappa shape index (κ3) is 4.11. The average molecular weight is 357 g/mol. The molecule has 1 aliphatic rings. The molecule has 116 valence electrons. The Bertz CT molecular complexity index is 518. The van der Waals surface area contributed by atoms with Crippen LogP contribution in [0.1, 0.15) is 37.8 Å². The number of ether oxygens (including phenoxy) is 1. The number of carbonyl (C=O) groups excluding carboxylic acids is 1. The number of carbonyl (C=O) groups is 1. The van der Waals surface area contributed by atoms with Crippen molar-refractivity contribution >= 4 is 22.0 Å². The highest BCUT2D eigenvalue weighted by Gasteiger charge is 2.34. The van der Waals surface area contributed by atoms with E-state index in [1.54, 1.807) is 7.11 Å². The van der Waals surface area contributed by atoms with Crippen LogP contribution in [0.2, 0.25) is 0 Å². The fourth-order valence-corrected chi connectivity index (χ4v) is 2.85. The lowest BCUT2D eigenvalue weighted by Gasteiger charge is -2.36. The molecule has 5 nitrogen and oxygen atoms in total. The van der Waals surface area contributed by atoms with E-state index >= 15 is 0 Å². The third-order valence-electron chi connectivity index (χ3n) is 3.89. The maximum Gasteiger partial charge on any atom is 0.315 e. The van der Waals surface area contributed by atoms with Gasteiger partial charge in [-0.25, -0.2) is 4.79 Å². The van der Waals surface area contributed by atoms with Crippen LogP contribution in [0.15, 0.2) is 22.7 Å². The molecule has 0 saturated heterocycles. The number of methoxy groups -OCH3 is 1. The van der Waals surface area contributed by atoms with Crippen LogP contribution in [0, 0.1) is 0 Å². The highest BCUT2D eigenvalue weighted by atomic mass is 79.9. The van der Waals surface area contributed by atoms with Crippen molar-refractivity contribution in [3.8, 4) is 5.75 Å². The van der Waals surface area contributed by atoms with Crippen molar-refractivity contribution < 1.29 is 14.6 Å². The number of rotatable bonds is 5. The molecule has 0 radical (unpaired) electrons. The van der Waals surface area contributed by atoms with E-state index in [-0.39, 0.29) is 12.1 Å². The zero-order valence-corrected chi connectivity index (χ0v) is 13.9. The Hall–Kier alpha value is -1.27. The van der Waals surface area contributed by atoms with E-state index < -0.39 is 5.60 Å². The summed E-state index contributed by atoms with van der Waals surface area (Å²) in [6.07, 6.45) is 2.54. The van der Waals surface area contributed by atoms with Crippen molar-refractivity contribution in [2.45, 2.75) is 37.8 Å². The Kier molecular flexibility index (Phi) is 5.11. The van der Waals surface area contributed by atoms with Crippen molar-refractivity contribution in [2.75, 3.05) is 13.7 Å². The maximum atomic E-state index is 11.9. The maximum absolute atomic E-state index is 11.9. The minimum absolute atomic E-state index is 0.136. The van der Waals surface area contributed by atoms with Gasteiger partial charge in [0.1, 0.15) is 5.75 Å². The normalized spacial score (nSPS) is 17.5. The molecule has 1 aliphatic carbocycles. The Labute approximate surface area is 133 Å². The first-order valence-corrected chi connectivity index (χ1v) is 7.83. The van der Waals surface area contributed by atoms with Crippen molar-refractivity contribution in [1.29, 1.82) is 0 Å². The number of urea groups is 1. The first kappa shape index (κ1) is 16.1. The van der Waals surface area contributed by atoms with Gasteiger partial charge in [-0.3, -0.25) is 0 Å². The van der Waals surface area contributed by atoms with Crippen LogP contribution >= 0.6 is 15.9 Å². The largest absolute Gasteiger partial charge is 0.496 e. The summed E-state index contributed by atoms with van der Waals surface area (Å²) in [6, 6.07) is 5.28. The van der Waals surface area contributed by atoms with E-state index in [9.17, 15) is 9.90 Å². The summed E-state index contributed by atoms with van der Waals surface area (Å²) >= 11 is 3.43. The van der Waals surface area contributed by atoms with Gasteiger partial charge >= 0.3 is 6.03 Å². The van der Waals surface area contributed by atoms with Crippen LogP contribution in [-0.2, 0) is 0 Å². The van der Waals surface area contributed by atoms with Gasteiger partial charge in [0, 0.05) is 6.54 Å². The second-order valence-corrected chi connectivity index (χ2v) is 6.37. The van der Waals surface area contributed by atoms with Crippen molar-refractivity contribution in [3.63, 3.8) is 0 Å². The average Bonchev–Trinajstić information content (AvgIpc) is 2.43. The summed E-state index contributed by atoms with van der Waals surface area (Å²) in [4.78, 5) is 11.9. The lowest BCUT2D eigenvalue weighted by molar-refractivity contribution is -0.0290. The zero-order chi connectivity index (χ0) is 15.5. The number of aliphatic hydroxyl groups is 1. The van der Waals surface area contributed by atoms with Crippen molar-refractivity contribution in [3.05, 3.63) is 28.2 Å². The molecule has 1 atom stereocenters. The Morgan fingerprint density at radius 2 is 2.24 bits per heavy atom. The number of hydrogen-bond acceptors (Lipinski definition) is 3. The van der Waals surface area contributed by atoms with Crippen molar-refractivity contribution in [2.24, 2.45) is 0 Å². The molecule has 1 fully saturated rings. The topological polar surface area (TPSA) is 70.6 Å². The first-order chi connectivity index (χ1) is 9.93. The first-order valence-electron chi connectivity index (χ1n) is 7.04. The van der Waals surface area contributed by atoms with E-state index in [0.29, 0.717) is 6.54 Å². The molecule has 2 amide bonds. The quantitative estimate of drug-likeness (QED) is 0.759. The lowest BCUT2D eigenvalue weighted by atomic mass is 9.80. The molecule has 0 aromatic heterocycles. The van der Waals surface area contributed by atoms with Crippen LogP contribution in [0.4, 0.5) is 4.79 Å². The minimum Gasteiger partial charge on any atom is -0.496 e. The summed E-state index contributed by atoms with van der Waals surface area (Å²) in [5, 5.41) is 15.5. The molecule has 0 heterocycles. The van der Waals surface area contributed by atoms with Crippen LogP contribution in [0.3, 0.4) is 0 Å². The third-order valence-corrected chi connectivity index (χ3v) is 4.51. The molecule has 0 unspecified atom stereocenters. The minimum atomic E-state index is -0.705. The molecule has 21 heavy (non-hydrogen) atoms. The zero-order valence-electron chi connectivity index (χ0n) is 12.3. The molecule has 1 aromatic rings. The molecule has 0 aliphatic heterocycles. The van der Waals surface area contributed by atoms with Gasteiger partial charge in [0.05, 0.1) is 23.2 Å². The van der Waals surface area contributed by atoms with Crippen LogP contribution < -0.4 is 15.4 Å². The standard InChI is InChI=1S/C15H21BrN2O3/c1-10(11-4-5-13(21-2)12(16)8-11)18-14(19)17-9-15(20)6-3-7-15/h4-5,8,10,20H,3,6-7,9H2,1-2H3,(H2,17,18,19)/t10-/m1/s1. The second kappa shape index (κ2) is 6.66. The van der Waals surface area contributed by atoms with Crippen LogP contribution in [0.5, 0.6) is 5.75 Å². The summed E-state index contributed by atoms with van der Waals surface area (Å²) in [5.41, 5.74) is 0.268. The highest BCUT2D eigenvalue weighted by molar-refractivity contribution is 9.10. The summed E-state index contributed by atoms with van der Waals surface area (Å²) in [7, 11) is 1.61. The molecule has 3 N–H and O–H groups in total. The molecule has 2 rings (SSSR count). The summed E-state index contributed by atoms with van der Waals surface area (Å²) < 4.78 is 6.03. The van der Waals surface area contributed by atoms with E-state index in [0.717, 1.165) is 35.0 Å². The smallest absolute Gasteiger partial charge is 0.315 e. The lowest BCUT2D eigenvalue weighted by Crippen LogP contribution is -2.50. The number of benzene rings is 1. The SMILES string of the molecule is COc1ccc([C@@H](C)NC(=O)NCC2(O)CCC2)cc1Br. The molecule has 6 heteroatoms. The fourth-order valence-electron chi connectivity index (χ4n) is 2.29. The van der Waals surface area contributed by atoms with Gasteiger partial charge in [-0.1, -0.05) is 6.07 Å². The molecule has 0 spiro atoms. The number of hydrogen-bond donors (Lipinski definition) is 3. The predicted octanol–water partition coefficient (Wildman–Crippen LogP) is 2.73. The Morgan fingerprint density at radius 3 is 2.76 bits per heavy atom. The Balaban J connectivity index is 1.86. The number of nitrogens with one attached hydrogen (secondary N) is 2. The number of halogens is 1. The van der Waals surface area contributed by atoms with Crippen LogP contribution in [0.25, 0.3) is 0 Å². The van der Waals surface area contributed by atoms with E-state index in [1.807, 2.05) is 25.1 Å². The molecule has 1 saturated carbocycles. The predicted molar refractivity (Wildman–Crippen MR) is 84.4 cm³/mol. The van der Waals surface area contributed by atoms with Gasteiger partial charge in [0.25, 0.3) is 0 Å². The summed E-state index contributed by atoms with van der Waals surface area (Å²) in [5.74, 6) is 0.752. The van der Waals surface area contributed by atoms with Gasteiger partial charge in [-0.2, -0.15) is 0 Å². The second-order valence-electron chi connectivity index (χ2n) is 5.52. The van der Waals surface area contributed by atoms with Gasteiger partial charge in [-0.05, 0) is 59.8 Å². The molecule has 0 bridgehead atoms. The van der Waals surface area contributed by atoms with Gasteiger partial charge in [-0.15, -0.1) is 0 Å².